The van der Waals surface area contributed by atoms with E-state index in [0.29, 0.717) is 30.3 Å². The molecule has 0 aliphatic heterocycles. The number of ether oxygens (including phenoxy) is 1. The minimum Gasteiger partial charge on any atom is -0.508 e. The van der Waals surface area contributed by atoms with Gasteiger partial charge in [0.25, 0.3) is 0 Å². The quantitative estimate of drug-likeness (QED) is 0.563. The Morgan fingerprint density at radius 3 is 2.65 bits per heavy atom. The van der Waals surface area contributed by atoms with Gasteiger partial charge in [0, 0.05) is 11.4 Å². The van der Waals surface area contributed by atoms with Gasteiger partial charge in [-0.3, -0.25) is 4.79 Å². The van der Waals surface area contributed by atoms with E-state index < -0.39 is 0 Å². The molecule has 0 unspecified atom stereocenters. The van der Waals surface area contributed by atoms with Crippen LogP contribution in [0.15, 0.2) is 57.7 Å². The lowest BCUT2D eigenvalue weighted by molar-refractivity contribution is 0.309. The average Bonchev–Trinajstić information content (AvgIpc) is 2.58. The number of rotatable bonds is 5. The van der Waals surface area contributed by atoms with Gasteiger partial charge in [0.05, 0.1) is 12.0 Å². The van der Waals surface area contributed by atoms with Crippen LogP contribution in [-0.4, -0.2) is 17.6 Å². The van der Waals surface area contributed by atoms with Gasteiger partial charge in [-0.2, -0.15) is 0 Å². The van der Waals surface area contributed by atoms with E-state index in [2.05, 4.69) is 0 Å². The molecule has 5 heteroatoms. The Morgan fingerprint density at radius 1 is 1.13 bits per heavy atom. The Hall–Kier alpha value is -2.46. The van der Waals surface area contributed by atoms with Crippen molar-refractivity contribution in [1.82, 2.24) is 0 Å². The molecule has 0 spiro atoms. The van der Waals surface area contributed by atoms with Gasteiger partial charge in [-0.25, -0.2) is 0 Å². The Labute approximate surface area is 137 Å². The van der Waals surface area contributed by atoms with Crippen LogP contribution < -0.4 is 10.2 Å². The largest absolute Gasteiger partial charge is 0.508 e. The molecule has 0 aliphatic rings. The fourth-order valence-corrected chi connectivity index (χ4v) is 2.41. The molecule has 1 heterocycles. The second-order valence-electron chi connectivity index (χ2n) is 5.03. The molecule has 0 radical (unpaired) electrons. The van der Waals surface area contributed by atoms with Crippen LogP contribution >= 0.6 is 11.6 Å². The molecule has 23 heavy (non-hydrogen) atoms. The van der Waals surface area contributed by atoms with Crippen LogP contribution in [0.4, 0.5) is 0 Å². The van der Waals surface area contributed by atoms with Crippen molar-refractivity contribution in [3.8, 4) is 22.8 Å². The molecule has 0 fully saturated rings. The number of fused-ring (bicyclic) bond motifs is 1. The predicted molar refractivity (Wildman–Crippen MR) is 90.4 cm³/mol. The maximum absolute atomic E-state index is 12.7. The van der Waals surface area contributed by atoms with E-state index in [0.717, 1.165) is 5.56 Å². The molecule has 0 atom stereocenters. The molecule has 4 nitrogen and oxygen atoms in total. The first-order chi connectivity index (χ1) is 11.2. The zero-order valence-electron chi connectivity index (χ0n) is 12.3. The van der Waals surface area contributed by atoms with Crippen molar-refractivity contribution >= 4 is 22.6 Å². The molecule has 3 rings (SSSR count). The van der Waals surface area contributed by atoms with Gasteiger partial charge in [0.15, 0.2) is 5.76 Å². The third-order valence-corrected chi connectivity index (χ3v) is 3.66. The van der Waals surface area contributed by atoms with Gasteiger partial charge in [0.1, 0.15) is 11.3 Å². The Kier molecular flexibility index (Phi) is 4.53. The molecule has 0 saturated carbocycles. The van der Waals surface area contributed by atoms with Crippen molar-refractivity contribution in [3.05, 3.63) is 58.8 Å². The highest BCUT2D eigenvalue weighted by Gasteiger charge is 2.17. The van der Waals surface area contributed by atoms with Crippen molar-refractivity contribution < 1.29 is 14.3 Å². The van der Waals surface area contributed by atoms with Crippen molar-refractivity contribution in [2.75, 3.05) is 12.5 Å². The Bertz CT molecular complexity index is 871. The first-order valence-corrected chi connectivity index (χ1v) is 7.78. The lowest BCUT2D eigenvalue weighted by Crippen LogP contribution is -2.11. The van der Waals surface area contributed by atoms with Gasteiger partial charge in [-0.15, -0.1) is 11.6 Å². The van der Waals surface area contributed by atoms with Crippen molar-refractivity contribution in [3.63, 3.8) is 0 Å². The molecule has 1 aromatic heterocycles. The van der Waals surface area contributed by atoms with Gasteiger partial charge in [-0.1, -0.05) is 30.3 Å². The van der Waals surface area contributed by atoms with Crippen molar-refractivity contribution in [2.45, 2.75) is 6.42 Å². The first-order valence-electron chi connectivity index (χ1n) is 7.24. The average molecular weight is 331 g/mol. The van der Waals surface area contributed by atoms with Crippen molar-refractivity contribution in [2.24, 2.45) is 0 Å². The van der Waals surface area contributed by atoms with Crippen LogP contribution in [-0.2, 0) is 0 Å². The molecule has 3 aromatic rings. The van der Waals surface area contributed by atoms with Crippen LogP contribution in [0.25, 0.3) is 22.3 Å². The highest BCUT2D eigenvalue weighted by atomic mass is 35.5. The molecule has 0 amide bonds. The van der Waals surface area contributed by atoms with E-state index in [4.69, 9.17) is 20.8 Å². The van der Waals surface area contributed by atoms with Gasteiger partial charge in [-0.05, 0) is 24.6 Å². The topological polar surface area (TPSA) is 59.7 Å². The third-order valence-electron chi connectivity index (χ3n) is 3.39. The summed E-state index contributed by atoms with van der Waals surface area (Å²) < 4.78 is 11.5. The summed E-state index contributed by atoms with van der Waals surface area (Å²) in [6.07, 6.45) is 0.618. The number of halogens is 1. The number of hydrogen-bond acceptors (Lipinski definition) is 4. The summed E-state index contributed by atoms with van der Waals surface area (Å²) in [7, 11) is 0. The lowest BCUT2D eigenvalue weighted by atomic mass is 10.1. The number of hydrogen-bond donors (Lipinski definition) is 1. The predicted octanol–water partition coefficient (Wildman–Crippen LogP) is 4.17. The normalized spacial score (nSPS) is 10.8. The smallest absolute Gasteiger partial charge is 0.235 e. The van der Waals surface area contributed by atoms with Crippen LogP contribution in [0.5, 0.6) is 11.5 Å². The van der Waals surface area contributed by atoms with E-state index in [9.17, 15) is 9.90 Å². The van der Waals surface area contributed by atoms with E-state index in [1.807, 2.05) is 30.3 Å². The molecular formula is C18H15ClO4. The summed E-state index contributed by atoms with van der Waals surface area (Å²) in [6, 6.07) is 13.7. The highest BCUT2D eigenvalue weighted by Crippen LogP contribution is 2.31. The fourth-order valence-electron chi connectivity index (χ4n) is 2.31. The molecule has 0 saturated heterocycles. The SMILES string of the molecule is O=c1c(OCCCCl)c(-c2ccccc2)oc2ccc(O)cc12. The number of phenolic OH excluding ortho intramolecular Hbond substituents is 1. The third kappa shape index (κ3) is 3.17. The monoisotopic (exact) mass is 330 g/mol. The lowest BCUT2D eigenvalue weighted by Gasteiger charge is -2.11. The van der Waals surface area contributed by atoms with E-state index >= 15 is 0 Å². The van der Waals surface area contributed by atoms with Crippen LogP contribution in [0, 0.1) is 0 Å². The van der Waals surface area contributed by atoms with Gasteiger partial charge >= 0.3 is 0 Å². The molecule has 0 aliphatic carbocycles. The minimum absolute atomic E-state index is 0.00368. The van der Waals surface area contributed by atoms with E-state index in [-0.39, 0.29) is 22.3 Å². The highest BCUT2D eigenvalue weighted by molar-refractivity contribution is 6.17. The molecule has 0 bridgehead atoms. The molecule has 2 aromatic carbocycles. The minimum atomic E-state index is -0.310. The van der Waals surface area contributed by atoms with Gasteiger partial charge < -0.3 is 14.3 Å². The number of alkyl halides is 1. The number of phenols is 1. The second kappa shape index (κ2) is 6.75. The number of benzene rings is 2. The number of aromatic hydroxyl groups is 1. The maximum Gasteiger partial charge on any atom is 0.235 e. The maximum atomic E-state index is 12.7. The standard InChI is InChI=1S/C18H15ClO4/c19-9-4-10-22-18-16(21)14-11-13(20)7-8-15(14)23-17(18)12-5-2-1-3-6-12/h1-3,5-8,11,20H,4,9-10H2. The van der Waals surface area contributed by atoms with E-state index in [1.165, 1.54) is 12.1 Å². The summed E-state index contributed by atoms with van der Waals surface area (Å²) in [5.74, 6) is 0.965. The summed E-state index contributed by atoms with van der Waals surface area (Å²) in [5, 5.41) is 9.89. The first kappa shape index (κ1) is 15.4. The molecular weight excluding hydrogens is 316 g/mol. The fraction of sp³-hybridized carbons (Fsp3) is 0.167. The summed E-state index contributed by atoms with van der Waals surface area (Å²) >= 11 is 5.67. The van der Waals surface area contributed by atoms with Crippen LogP contribution in [0.1, 0.15) is 6.42 Å². The second-order valence-corrected chi connectivity index (χ2v) is 5.40. The summed E-state index contributed by atoms with van der Waals surface area (Å²) in [4.78, 5) is 12.7. The van der Waals surface area contributed by atoms with Crippen molar-refractivity contribution in [1.29, 1.82) is 0 Å². The Morgan fingerprint density at radius 2 is 1.91 bits per heavy atom. The zero-order valence-corrected chi connectivity index (χ0v) is 13.0. The molecule has 118 valence electrons. The van der Waals surface area contributed by atoms with Crippen LogP contribution in [0.2, 0.25) is 0 Å². The summed E-state index contributed by atoms with van der Waals surface area (Å²) in [5.41, 5.74) is 0.840. The molecule has 1 N–H and O–H groups in total. The van der Waals surface area contributed by atoms with Gasteiger partial charge in [0.2, 0.25) is 11.2 Å². The summed E-state index contributed by atoms with van der Waals surface area (Å²) in [6.45, 7) is 0.318. The zero-order chi connectivity index (χ0) is 16.2. The van der Waals surface area contributed by atoms with Crippen LogP contribution in [0.3, 0.4) is 0 Å². The van der Waals surface area contributed by atoms with E-state index in [1.54, 1.807) is 6.07 Å². The Balaban J connectivity index is 2.21.